The van der Waals surface area contributed by atoms with E-state index in [-0.39, 0.29) is 22.3 Å². The van der Waals surface area contributed by atoms with Crippen molar-refractivity contribution in [3.63, 3.8) is 0 Å². The average Bonchev–Trinajstić information content (AvgIpc) is 2.35. The summed E-state index contributed by atoms with van der Waals surface area (Å²) in [4.78, 5) is 22.9. The standard InChI is InChI=1S/C11H11BrINO3/c1-17-11(16)9(13)6-14-10(15)7-4-2-3-5-8(7)12/h2-5,9H,6H2,1H3,(H,14,15). The Morgan fingerprint density at radius 3 is 2.71 bits per heavy atom. The molecule has 1 atom stereocenters. The van der Waals surface area contributed by atoms with E-state index in [0.29, 0.717) is 5.56 Å². The van der Waals surface area contributed by atoms with Crippen LogP contribution in [0.2, 0.25) is 0 Å². The first kappa shape index (κ1) is 14.4. The SMILES string of the molecule is COC(=O)C(I)CNC(=O)c1ccccc1Br. The predicted molar refractivity (Wildman–Crippen MR) is 76.3 cm³/mol. The summed E-state index contributed by atoms with van der Waals surface area (Å²) >= 11 is 5.22. The monoisotopic (exact) mass is 411 g/mol. The van der Waals surface area contributed by atoms with E-state index in [9.17, 15) is 9.59 Å². The number of alkyl halides is 1. The molecule has 0 aromatic heterocycles. The highest BCUT2D eigenvalue weighted by Gasteiger charge is 2.17. The first-order valence-electron chi connectivity index (χ1n) is 4.81. The van der Waals surface area contributed by atoms with Gasteiger partial charge in [-0.1, -0.05) is 34.7 Å². The van der Waals surface area contributed by atoms with E-state index in [2.05, 4.69) is 26.0 Å². The number of carbonyl (C=O) groups is 2. The molecule has 0 aliphatic carbocycles. The van der Waals surface area contributed by atoms with Crippen molar-refractivity contribution >= 4 is 50.4 Å². The first-order valence-corrected chi connectivity index (χ1v) is 6.84. The molecule has 4 nitrogen and oxygen atoms in total. The van der Waals surface area contributed by atoms with Crippen LogP contribution in [0.15, 0.2) is 28.7 Å². The molecule has 0 heterocycles. The maximum Gasteiger partial charge on any atom is 0.320 e. The van der Waals surface area contributed by atoms with Gasteiger partial charge in [0.25, 0.3) is 5.91 Å². The lowest BCUT2D eigenvalue weighted by Gasteiger charge is -2.10. The molecular formula is C11H11BrINO3. The van der Waals surface area contributed by atoms with Gasteiger partial charge in [-0.2, -0.15) is 0 Å². The molecule has 0 saturated carbocycles. The van der Waals surface area contributed by atoms with E-state index in [0.717, 1.165) is 4.47 Å². The first-order chi connectivity index (χ1) is 8.06. The summed E-state index contributed by atoms with van der Waals surface area (Å²) in [6, 6.07) is 7.11. The quantitative estimate of drug-likeness (QED) is 0.469. The number of hydrogen-bond donors (Lipinski definition) is 1. The lowest BCUT2D eigenvalue weighted by atomic mass is 10.2. The second-order valence-corrected chi connectivity index (χ2v) is 5.54. The third kappa shape index (κ3) is 4.27. The number of esters is 1. The van der Waals surface area contributed by atoms with Crippen LogP contribution in [0.25, 0.3) is 0 Å². The Morgan fingerprint density at radius 2 is 2.12 bits per heavy atom. The molecule has 1 aromatic carbocycles. The van der Waals surface area contributed by atoms with Gasteiger partial charge in [0.05, 0.1) is 12.7 Å². The van der Waals surface area contributed by atoms with Crippen molar-refractivity contribution in [1.82, 2.24) is 5.32 Å². The molecule has 0 spiro atoms. The minimum Gasteiger partial charge on any atom is -0.468 e. The molecule has 1 unspecified atom stereocenters. The van der Waals surface area contributed by atoms with Gasteiger partial charge in [0, 0.05) is 11.0 Å². The average molecular weight is 412 g/mol. The molecule has 17 heavy (non-hydrogen) atoms. The summed E-state index contributed by atoms with van der Waals surface area (Å²) < 4.78 is 4.90. The van der Waals surface area contributed by atoms with Gasteiger partial charge in [0.1, 0.15) is 3.92 Å². The fourth-order valence-corrected chi connectivity index (χ4v) is 2.07. The van der Waals surface area contributed by atoms with Crippen LogP contribution in [0, 0.1) is 0 Å². The van der Waals surface area contributed by atoms with Crippen molar-refractivity contribution in [2.45, 2.75) is 3.92 Å². The molecule has 0 bridgehead atoms. The molecule has 0 radical (unpaired) electrons. The van der Waals surface area contributed by atoms with Crippen molar-refractivity contribution in [2.24, 2.45) is 0 Å². The maximum atomic E-state index is 11.8. The second kappa shape index (κ2) is 6.95. The molecular weight excluding hydrogens is 401 g/mol. The van der Waals surface area contributed by atoms with Crippen LogP contribution in [0.5, 0.6) is 0 Å². The van der Waals surface area contributed by atoms with Gasteiger partial charge in [-0.3, -0.25) is 9.59 Å². The van der Waals surface area contributed by atoms with Crippen molar-refractivity contribution in [2.75, 3.05) is 13.7 Å². The molecule has 1 aromatic rings. The number of halogens is 2. The lowest BCUT2D eigenvalue weighted by molar-refractivity contribution is -0.139. The number of nitrogens with one attached hydrogen (secondary N) is 1. The number of benzene rings is 1. The minimum atomic E-state index is -0.385. The Morgan fingerprint density at radius 1 is 1.47 bits per heavy atom. The van der Waals surface area contributed by atoms with E-state index in [1.54, 1.807) is 18.2 Å². The van der Waals surface area contributed by atoms with E-state index in [1.807, 2.05) is 28.7 Å². The minimum absolute atomic E-state index is 0.219. The van der Waals surface area contributed by atoms with Gasteiger partial charge in [0.15, 0.2) is 0 Å². The third-order valence-corrected chi connectivity index (χ3v) is 3.66. The number of carbonyl (C=O) groups excluding carboxylic acids is 2. The van der Waals surface area contributed by atoms with Crippen LogP contribution < -0.4 is 5.32 Å². The molecule has 92 valence electrons. The number of hydrogen-bond acceptors (Lipinski definition) is 3. The lowest BCUT2D eigenvalue weighted by Crippen LogP contribution is -2.33. The van der Waals surface area contributed by atoms with Gasteiger partial charge in [-0.05, 0) is 28.1 Å². The topological polar surface area (TPSA) is 55.4 Å². The van der Waals surface area contributed by atoms with Crippen LogP contribution in [-0.2, 0) is 9.53 Å². The van der Waals surface area contributed by atoms with E-state index >= 15 is 0 Å². The van der Waals surface area contributed by atoms with Crippen LogP contribution >= 0.6 is 38.5 Å². The van der Waals surface area contributed by atoms with Crippen LogP contribution in [0.3, 0.4) is 0 Å². The van der Waals surface area contributed by atoms with Gasteiger partial charge < -0.3 is 10.1 Å². The fourth-order valence-electron chi connectivity index (χ4n) is 1.13. The van der Waals surface area contributed by atoms with Crippen LogP contribution in [-0.4, -0.2) is 29.5 Å². The summed E-state index contributed by atoms with van der Waals surface area (Å²) in [5.74, 6) is -0.568. The zero-order valence-electron chi connectivity index (χ0n) is 9.07. The highest BCUT2D eigenvalue weighted by molar-refractivity contribution is 14.1. The normalized spacial score (nSPS) is 11.7. The Bertz CT molecular complexity index is 425. The molecule has 0 aliphatic heterocycles. The molecule has 6 heteroatoms. The highest BCUT2D eigenvalue weighted by atomic mass is 127. The Hall–Kier alpha value is -0.630. The molecule has 0 aliphatic rings. The number of rotatable bonds is 4. The second-order valence-electron chi connectivity index (χ2n) is 3.18. The predicted octanol–water partition coefficient (Wildman–Crippen LogP) is 2.16. The van der Waals surface area contributed by atoms with Gasteiger partial charge in [-0.15, -0.1) is 0 Å². The molecule has 0 saturated heterocycles. The zero-order valence-corrected chi connectivity index (χ0v) is 12.8. The van der Waals surface area contributed by atoms with Crippen molar-refractivity contribution < 1.29 is 14.3 Å². The van der Waals surface area contributed by atoms with E-state index in [1.165, 1.54) is 7.11 Å². The van der Waals surface area contributed by atoms with Crippen molar-refractivity contribution in [3.05, 3.63) is 34.3 Å². The smallest absolute Gasteiger partial charge is 0.320 e. The summed E-state index contributed by atoms with van der Waals surface area (Å²) in [6.45, 7) is 0.243. The molecule has 1 rings (SSSR count). The summed E-state index contributed by atoms with van der Waals surface area (Å²) in [7, 11) is 1.32. The number of amides is 1. The molecule has 0 fully saturated rings. The fraction of sp³-hybridized carbons (Fsp3) is 0.273. The number of ether oxygens (including phenoxy) is 1. The maximum absolute atomic E-state index is 11.8. The van der Waals surface area contributed by atoms with E-state index < -0.39 is 0 Å². The van der Waals surface area contributed by atoms with Crippen molar-refractivity contribution in [3.8, 4) is 0 Å². The summed E-state index contributed by atoms with van der Waals surface area (Å²) in [5, 5.41) is 2.68. The van der Waals surface area contributed by atoms with E-state index in [4.69, 9.17) is 0 Å². The zero-order chi connectivity index (χ0) is 12.8. The van der Waals surface area contributed by atoms with Gasteiger partial charge >= 0.3 is 5.97 Å². The van der Waals surface area contributed by atoms with Gasteiger partial charge in [-0.25, -0.2) is 0 Å². The van der Waals surface area contributed by atoms with Crippen molar-refractivity contribution in [1.29, 1.82) is 0 Å². The van der Waals surface area contributed by atoms with Crippen LogP contribution in [0.4, 0.5) is 0 Å². The Labute approximate surface area is 121 Å². The molecule has 1 amide bonds. The Kier molecular flexibility index (Phi) is 5.90. The number of methoxy groups -OCH3 is 1. The van der Waals surface area contributed by atoms with Gasteiger partial charge in [0.2, 0.25) is 0 Å². The summed E-state index contributed by atoms with van der Waals surface area (Å²) in [6.07, 6.45) is 0. The highest BCUT2D eigenvalue weighted by Crippen LogP contribution is 2.15. The van der Waals surface area contributed by atoms with Crippen LogP contribution in [0.1, 0.15) is 10.4 Å². The summed E-state index contributed by atoms with van der Waals surface area (Å²) in [5.41, 5.74) is 0.543. The third-order valence-electron chi connectivity index (χ3n) is 2.02. The molecule has 1 N–H and O–H groups in total. The Balaban J connectivity index is 2.57. The largest absolute Gasteiger partial charge is 0.468 e.